The summed E-state index contributed by atoms with van der Waals surface area (Å²) in [4.78, 5) is 14.8. The van der Waals surface area contributed by atoms with Gasteiger partial charge in [-0.05, 0) is 61.9 Å². The van der Waals surface area contributed by atoms with E-state index in [1.165, 1.54) is 32.1 Å². The van der Waals surface area contributed by atoms with E-state index in [0.29, 0.717) is 52.5 Å². The first-order valence-corrected chi connectivity index (χ1v) is 18.4. The summed E-state index contributed by atoms with van der Waals surface area (Å²) in [5.74, 6) is -1.22. The smallest absolute Gasteiger partial charge is 0.415 e. The number of hydrogen-bond donors (Lipinski definition) is 2. The topological polar surface area (TPSA) is 124 Å². The fourth-order valence-electron chi connectivity index (χ4n) is 8.93. The van der Waals surface area contributed by atoms with Gasteiger partial charge in [0.1, 0.15) is 34.4 Å². The number of aliphatic hydroxyl groups is 1. The van der Waals surface area contributed by atoms with Crippen molar-refractivity contribution in [1.29, 1.82) is 5.26 Å². The Morgan fingerprint density at radius 3 is 2.47 bits per heavy atom. The van der Waals surface area contributed by atoms with E-state index in [9.17, 15) is 27.9 Å². The van der Waals surface area contributed by atoms with E-state index in [-0.39, 0.29) is 77.0 Å². The number of halogens is 6. The molecule has 5 unspecified atom stereocenters. The van der Waals surface area contributed by atoms with E-state index in [0.717, 1.165) is 24.3 Å². The molecule has 0 aliphatic carbocycles. The van der Waals surface area contributed by atoms with Crippen LogP contribution in [0, 0.1) is 23.0 Å². The van der Waals surface area contributed by atoms with Crippen LogP contribution in [-0.2, 0) is 18.0 Å². The normalized spacial score (nSPS) is 24.7. The summed E-state index contributed by atoms with van der Waals surface area (Å²) in [6.45, 7) is 1.81. The highest BCUT2D eigenvalue weighted by molar-refractivity contribution is 7.23. The number of anilines is 2. The minimum atomic E-state index is -4.73. The van der Waals surface area contributed by atoms with Crippen LogP contribution in [0.3, 0.4) is 0 Å². The molecule has 4 fully saturated rings. The number of likely N-dealkylation sites (tertiary alicyclic amines) is 1. The second-order valence-corrected chi connectivity index (χ2v) is 15.4. The highest BCUT2D eigenvalue weighted by Gasteiger charge is 2.46. The van der Waals surface area contributed by atoms with Gasteiger partial charge < -0.3 is 25.2 Å². The maximum atomic E-state index is 16.9. The Labute approximate surface area is 304 Å². The maximum absolute atomic E-state index is 16.9. The summed E-state index contributed by atoms with van der Waals surface area (Å²) in [5.41, 5.74) is 6.76. The second-order valence-electron chi connectivity index (χ2n) is 14.3. The molecule has 3 N–H and O–H groups in total. The standard InChI is InChI=1S/C29H25F5N6O3S.C7H12FN/c1-42-28-37-25-22(27(38-28)40-12-2-3-13(40)8-39(7-12)9-19(41)29(32,33)34)16-11-43-10-15(16)21(24(25)31)23-17(30)4-5-18-20(23)14(6-35)26(36)44-18;8-6-4-7-2-1-3-9(7)5-6/h4-5,12-13,19,41H,2-3,7-11,36H2,1H3;6-7H,1-5H2. The molecule has 53 heavy (non-hydrogen) atoms. The number of nitrogens with two attached hydrogens (primary N) is 1. The number of β-amino-alcohol motifs (C(OH)–C–C–N with tert-alkyl or cyclic N) is 1. The van der Waals surface area contributed by atoms with Crippen molar-refractivity contribution in [2.24, 2.45) is 0 Å². The number of ether oxygens (including phenoxy) is 2. The number of thiophene rings is 1. The predicted molar refractivity (Wildman–Crippen MR) is 186 cm³/mol. The number of nitriles is 1. The molecule has 5 atom stereocenters. The van der Waals surface area contributed by atoms with Crippen LogP contribution >= 0.6 is 11.3 Å². The number of hydrogen-bond acceptors (Lipinski definition) is 11. The molecule has 5 aliphatic rings. The number of benzene rings is 2. The summed E-state index contributed by atoms with van der Waals surface area (Å²) >= 11 is 1.10. The van der Waals surface area contributed by atoms with Gasteiger partial charge in [-0.3, -0.25) is 9.80 Å². The zero-order valence-electron chi connectivity index (χ0n) is 28.7. The molecular formula is C36H37F6N7O3S. The third-order valence-electron chi connectivity index (χ3n) is 11.2. The molecule has 7 heterocycles. The van der Waals surface area contributed by atoms with Gasteiger partial charge in [-0.25, -0.2) is 13.2 Å². The van der Waals surface area contributed by atoms with Gasteiger partial charge in [0.2, 0.25) is 0 Å². The average molecular weight is 762 g/mol. The zero-order valence-corrected chi connectivity index (χ0v) is 29.5. The van der Waals surface area contributed by atoms with Crippen molar-refractivity contribution in [2.45, 2.75) is 81.9 Å². The molecule has 2 aromatic carbocycles. The quantitative estimate of drug-likeness (QED) is 0.233. The summed E-state index contributed by atoms with van der Waals surface area (Å²) in [6.07, 6.45) is -3.08. The lowest BCUT2D eigenvalue weighted by Gasteiger charge is -2.43. The predicted octanol–water partition coefficient (Wildman–Crippen LogP) is 6.05. The van der Waals surface area contributed by atoms with Crippen LogP contribution in [0.5, 0.6) is 6.01 Å². The number of methoxy groups -OCH3 is 1. The Morgan fingerprint density at radius 1 is 1.06 bits per heavy atom. The third-order valence-corrected chi connectivity index (χ3v) is 12.2. The third kappa shape index (κ3) is 6.21. The molecule has 0 amide bonds. The van der Waals surface area contributed by atoms with Gasteiger partial charge in [-0.2, -0.15) is 28.4 Å². The number of aliphatic hydroxyl groups excluding tert-OH is 1. The Kier molecular flexibility index (Phi) is 9.33. The highest BCUT2D eigenvalue weighted by Crippen LogP contribution is 2.49. The van der Waals surface area contributed by atoms with Crippen LogP contribution in [0.4, 0.5) is 37.2 Å². The number of rotatable bonds is 5. The van der Waals surface area contributed by atoms with E-state index < -0.39 is 36.6 Å². The molecule has 9 rings (SSSR count). The Morgan fingerprint density at radius 2 is 1.79 bits per heavy atom. The van der Waals surface area contributed by atoms with Gasteiger partial charge in [0, 0.05) is 65.5 Å². The van der Waals surface area contributed by atoms with Gasteiger partial charge in [-0.15, -0.1) is 11.3 Å². The van der Waals surface area contributed by atoms with Crippen molar-refractivity contribution in [2.75, 3.05) is 50.5 Å². The van der Waals surface area contributed by atoms with Crippen LogP contribution in [-0.4, -0.2) is 101 Å². The monoisotopic (exact) mass is 761 g/mol. The van der Waals surface area contributed by atoms with Crippen molar-refractivity contribution in [3.05, 3.63) is 40.5 Å². The van der Waals surface area contributed by atoms with E-state index in [1.807, 2.05) is 11.0 Å². The first-order valence-electron chi connectivity index (χ1n) is 17.6. The van der Waals surface area contributed by atoms with Crippen LogP contribution in [0.2, 0.25) is 0 Å². The number of nitrogen functional groups attached to an aromatic ring is 1. The largest absolute Gasteiger partial charge is 0.467 e. The number of nitrogens with zero attached hydrogens (tertiary/aromatic N) is 6. The number of aromatic nitrogens is 2. The fraction of sp³-hybridized carbons (Fsp3) is 0.528. The summed E-state index contributed by atoms with van der Waals surface area (Å²) in [7, 11) is 1.33. The van der Waals surface area contributed by atoms with Crippen molar-refractivity contribution < 1.29 is 40.9 Å². The van der Waals surface area contributed by atoms with E-state index in [1.54, 1.807) is 4.90 Å². The summed E-state index contributed by atoms with van der Waals surface area (Å²) in [6, 6.07) is 4.67. The first kappa shape index (κ1) is 36.0. The molecule has 10 nitrogen and oxygen atoms in total. The number of piperazine rings is 1. The molecule has 17 heteroatoms. The Bertz CT molecular complexity index is 2100. The van der Waals surface area contributed by atoms with Gasteiger partial charge >= 0.3 is 12.2 Å². The van der Waals surface area contributed by atoms with Crippen molar-refractivity contribution >= 4 is 43.1 Å². The lowest BCUT2D eigenvalue weighted by atomic mass is 9.90. The minimum absolute atomic E-state index is 0.0315. The van der Waals surface area contributed by atoms with Gasteiger partial charge in [0.05, 0.1) is 31.3 Å². The van der Waals surface area contributed by atoms with E-state index >= 15 is 8.78 Å². The maximum Gasteiger partial charge on any atom is 0.415 e. The van der Waals surface area contributed by atoms with Gasteiger partial charge in [0.15, 0.2) is 11.9 Å². The fourth-order valence-corrected chi connectivity index (χ4v) is 9.86. The minimum Gasteiger partial charge on any atom is -0.467 e. The van der Waals surface area contributed by atoms with Crippen molar-refractivity contribution in [1.82, 2.24) is 19.8 Å². The van der Waals surface area contributed by atoms with Crippen molar-refractivity contribution in [3.8, 4) is 23.2 Å². The Hall–Kier alpha value is -3.95. The highest BCUT2D eigenvalue weighted by atomic mass is 32.1. The van der Waals surface area contributed by atoms with Crippen LogP contribution in [0.25, 0.3) is 32.1 Å². The number of alkyl halides is 4. The lowest BCUT2D eigenvalue weighted by Crippen LogP contribution is -2.56. The lowest BCUT2D eigenvalue weighted by molar-refractivity contribution is -0.208. The van der Waals surface area contributed by atoms with Crippen molar-refractivity contribution in [3.63, 3.8) is 0 Å². The molecule has 282 valence electrons. The second kappa shape index (κ2) is 13.7. The molecule has 2 aromatic heterocycles. The van der Waals surface area contributed by atoms with Crippen LogP contribution in [0.15, 0.2) is 12.1 Å². The molecule has 4 aromatic rings. The Balaban J connectivity index is 0.000000386. The van der Waals surface area contributed by atoms with E-state index in [4.69, 9.17) is 15.2 Å². The van der Waals surface area contributed by atoms with Gasteiger partial charge in [-0.1, -0.05) is 0 Å². The molecule has 4 saturated heterocycles. The van der Waals surface area contributed by atoms with E-state index in [2.05, 4.69) is 14.9 Å². The number of fused-ring (bicyclic) bond motifs is 7. The van der Waals surface area contributed by atoms with Crippen LogP contribution in [0.1, 0.15) is 48.8 Å². The zero-order chi connectivity index (χ0) is 37.3. The van der Waals surface area contributed by atoms with Crippen LogP contribution < -0.4 is 15.4 Å². The first-order chi connectivity index (χ1) is 25.4. The summed E-state index contributed by atoms with van der Waals surface area (Å²) in [5, 5.41) is 20.3. The molecule has 5 aliphatic heterocycles. The summed E-state index contributed by atoms with van der Waals surface area (Å²) < 4.78 is 96.1. The van der Waals surface area contributed by atoms with Gasteiger partial charge in [0.25, 0.3) is 0 Å². The average Bonchev–Trinajstić information content (AvgIpc) is 3.94. The molecule has 0 saturated carbocycles. The molecular weight excluding hydrogens is 724 g/mol. The molecule has 2 bridgehead atoms. The molecule has 0 spiro atoms. The molecule has 0 radical (unpaired) electrons. The SMILES string of the molecule is COc1nc(N2C3CCC2CN(CC(O)C(F)(F)F)C3)c2c3c(c(-c4c(F)ccc5sc(N)c(C#N)c45)c(F)c2n1)COC3.FC1CC2CCCN2C1.